The molecule has 3 aromatic carbocycles. The summed E-state index contributed by atoms with van der Waals surface area (Å²) in [5.74, 6) is -0.590. The van der Waals surface area contributed by atoms with Crippen LogP contribution in [-0.4, -0.2) is 33.9 Å². The van der Waals surface area contributed by atoms with Crippen LogP contribution in [0.2, 0.25) is 0 Å². The Morgan fingerprint density at radius 2 is 1.76 bits per heavy atom. The minimum Gasteiger partial charge on any atom is -0.355 e. The molecular formula is C25H20N6O2. The van der Waals surface area contributed by atoms with E-state index in [4.69, 9.17) is 0 Å². The molecule has 0 radical (unpaired) electrons. The van der Waals surface area contributed by atoms with E-state index < -0.39 is 0 Å². The van der Waals surface area contributed by atoms with Gasteiger partial charge in [-0.25, -0.2) is 4.68 Å². The molecule has 0 aliphatic rings. The maximum absolute atomic E-state index is 12.7. The number of carbonyl (C=O) groups excluding carboxylic acids is 2. The number of carbonyl (C=O) groups is 2. The molecular weight excluding hydrogens is 416 g/mol. The topological polar surface area (TPSA) is 113 Å². The largest absolute Gasteiger partial charge is 0.355 e. The number of allylic oxidation sites excluding steroid dienone is 1. The third-order valence-corrected chi connectivity index (χ3v) is 5.04. The number of amides is 2. The number of benzene rings is 3. The molecule has 0 saturated heterocycles. The molecule has 0 unspecified atom stereocenters. The predicted octanol–water partition coefficient (Wildman–Crippen LogP) is 3.87. The fourth-order valence-corrected chi connectivity index (χ4v) is 3.29. The number of nitrogens with zero attached hydrogens (tertiary/aromatic N) is 4. The summed E-state index contributed by atoms with van der Waals surface area (Å²) in [4.78, 5) is 24.6. The van der Waals surface area contributed by atoms with Gasteiger partial charge >= 0.3 is 0 Å². The van der Waals surface area contributed by atoms with Crippen molar-refractivity contribution in [2.24, 2.45) is 0 Å². The summed E-state index contributed by atoms with van der Waals surface area (Å²) in [6.45, 7) is 2.00. The van der Waals surface area contributed by atoms with Gasteiger partial charge in [0.2, 0.25) is 0 Å². The quantitative estimate of drug-likeness (QED) is 0.461. The summed E-state index contributed by atoms with van der Waals surface area (Å²) in [5.41, 5.74) is 4.71. The smallest absolute Gasteiger partial charge is 0.255 e. The number of hydrogen-bond acceptors (Lipinski definition) is 5. The van der Waals surface area contributed by atoms with Gasteiger partial charge in [-0.05, 0) is 55.0 Å². The minimum atomic E-state index is -0.351. The maximum atomic E-state index is 12.7. The molecule has 4 rings (SSSR count). The highest BCUT2D eigenvalue weighted by molar-refractivity contribution is 6.06. The Hall–Kier alpha value is -4.77. The Kier molecular flexibility index (Phi) is 5.96. The summed E-state index contributed by atoms with van der Waals surface area (Å²) in [5, 5.41) is 23.2. The van der Waals surface area contributed by atoms with E-state index >= 15 is 0 Å². The fraction of sp³-hybridized carbons (Fsp3) is 0.0800. The summed E-state index contributed by atoms with van der Waals surface area (Å²) < 4.78 is 1.45. The standard InChI is InChI=1S/C25H20N6O2/c1-16-6-8-17(9-7-16)12-21(15-26)31-23-11-10-19(14-22(23)29-30-31)25(33)28-20-5-3-4-18(13-20)24(32)27-2/h3-14H,1-2H3,(H,27,32)(H,28,33)/b21-12+. The SMILES string of the molecule is CNC(=O)c1cccc(NC(=O)c2ccc3c(c2)nnn3/C(C#N)=C/c2ccc(C)cc2)c1. The molecule has 0 bridgehead atoms. The van der Waals surface area contributed by atoms with Crippen LogP contribution in [-0.2, 0) is 0 Å². The lowest BCUT2D eigenvalue weighted by Gasteiger charge is -2.07. The molecule has 0 aliphatic heterocycles. The zero-order valence-corrected chi connectivity index (χ0v) is 18.0. The average Bonchev–Trinajstić information content (AvgIpc) is 3.26. The Morgan fingerprint density at radius 3 is 2.48 bits per heavy atom. The van der Waals surface area contributed by atoms with Crippen LogP contribution in [0.4, 0.5) is 5.69 Å². The van der Waals surface area contributed by atoms with Gasteiger partial charge in [0.15, 0.2) is 0 Å². The Labute approximate surface area is 190 Å². The van der Waals surface area contributed by atoms with E-state index in [2.05, 4.69) is 27.0 Å². The molecule has 162 valence electrons. The first kappa shape index (κ1) is 21.5. The Balaban J connectivity index is 1.60. The fourth-order valence-electron chi connectivity index (χ4n) is 3.29. The second-order valence-corrected chi connectivity index (χ2v) is 7.37. The summed E-state index contributed by atoms with van der Waals surface area (Å²) >= 11 is 0. The number of hydrogen-bond donors (Lipinski definition) is 2. The van der Waals surface area contributed by atoms with E-state index in [1.54, 1.807) is 55.6 Å². The molecule has 2 N–H and O–H groups in total. The van der Waals surface area contributed by atoms with Crippen LogP contribution in [0.5, 0.6) is 0 Å². The number of anilines is 1. The molecule has 0 spiro atoms. The van der Waals surface area contributed by atoms with Crippen LogP contribution in [0.15, 0.2) is 66.7 Å². The summed E-state index contributed by atoms with van der Waals surface area (Å²) in [7, 11) is 1.55. The third kappa shape index (κ3) is 4.62. The third-order valence-electron chi connectivity index (χ3n) is 5.04. The maximum Gasteiger partial charge on any atom is 0.255 e. The van der Waals surface area contributed by atoms with Crippen molar-refractivity contribution in [3.05, 3.63) is 89.0 Å². The summed E-state index contributed by atoms with van der Waals surface area (Å²) in [6.07, 6.45) is 1.73. The molecule has 1 heterocycles. The van der Waals surface area contributed by atoms with Crippen molar-refractivity contribution < 1.29 is 9.59 Å². The molecule has 0 aliphatic carbocycles. The van der Waals surface area contributed by atoms with Gasteiger partial charge in [-0.1, -0.05) is 41.1 Å². The van der Waals surface area contributed by atoms with Crippen LogP contribution in [0.25, 0.3) is 22.8 Å². The van der Waals surface area contributed by atoms with Gasteiger partial charge < -0.3 is 10.6 Å². The van der Waals surface area contributed by atoms with Crippen molar-refractivity contribution in [2.75, 3.05) is 12.4 Å². The number of nitrogens with one attached hydrogen (secondary N) is 2. The van der Waals surface area contributed by atoms with Gasteiger partial charge in [-0.3, -0.25) is 9.59 Å². The van der Waals surface area contributed by atoms with Gasteiger partial charge in [0, 0.05) is 23.9 Å². The molecule has 0 atom stereocenters. The van der Waals surface area contributed by atoms with Gasteiger partial charge in [0.05, 0.1) is 5.52 Å². The van der Waals surface area contributed by atoms with E-state index in [1.807, 2.05) is 31.2 Å². The molecule has 8 heteroatoms. The van der Waals surface area contributed by atoms with E-state index in [0.29, 0.717) is 33.5 Å². The van der Waals surface area contributed by atoms with Crippen LogP contribution in [0.3, 0.4) is 0 Å². The van der Waals surface area contributed by atoms with Crippen molar-refractivity contribution in [3.63, 3.8) is 0 Å². The van der Waals surface area contributed by atoms with Crippen molar-refractivity contribution in [1.82, 2.24) is 20.3 Å². The van der Waals surface area contributed by atoms with Crippen molar-refractivity contribution >= 4 is 40.3 Å². The number of aryl methyl sites for hydroxylation is 1. The highest BCUT2D eigenvalue weighted by Gasteiger charge is 2.13. The first-order valence-corrected chi connectivity index (χ1v) is 10.2. The molecule has 0 saturated carbocycles. The second-order valence-electron chi connectivity index (χ2n) is 7.37. The van der Waals surface area contributed by atoms with E-state index in [0.717, 1.165) is 11.1 Å². The average molecular weight is 436 g/mol. The van der Waals surface area contributed by atoms with E-state index in [-0.39, 0.29) is 11.8 Å². The van der Waals surface area contributed by atoms with Crippen LogP contribution >= 0.6 is 0 Å². The molecule has 2 amide bonds. The van der Waals surface area contributed by atoms with E-state index in [1.165, 1.54) is 4.68 Å². The first-order chi connectivity index (χ1) is 16.0. The Morgan fingerprint density at radius 1 is 1.00 bits per heavy atom. The monoisotopic (exact) mass is 436 g/mol. The number of aromatic nitrogens is 3. The van der Waals surface area contributed by atoms with Crippen molar-refractivity contribution in [1.29, 1.82) is 5.26 Å². The lowest BCUT2D eigenvalue weighted by molar-refractivity contribution is 0.0961. The van der Waals surface area contributed by atoms with Crippen LogP contribution < -0.4 is 10.6 Å². The van der Waals surface area contributed by atoms with Gasteiger partial charge in [-0.2, -0.15) is 5.26 Å². The minimum absolute atomic E-state index is 0.240. The molecule has 4 aromatic rings. The number of rotatable bonds is 5. The van der Waals surface area contributed by atoms with E-state index in [9.17, 15) is 14.9 Å². The number of nitriles is 1. The van der Waals surface area contributed by atoms with Gasteiger partial charge in [0.25, 0.3) is 11.8 Å². The highest BCUT2D eigenvalue weighted by atomic mass is 16.2. The summed E-state index contributed by atoms with van der Waals surface area (Å²) in [6, 6.07) is 21.5. The number of fused-ring (bicyclic) bond motifs is 1. The van der Waals surface area contributed by atoms with Gasteiger partial charge in [0.1, 0.15) is 17.3 Å². The molecule has 1 aromatic heterocycles. The normalized spacial score (nSPS) is 11.1. The zero-order chi connectivity index (χ0) is 23.4. The van der Waals surface area contributed by atoms with Crippen LogP contribution in [0, 0.1) is 18.3 Å². The molecule has 8 nitrogen and oxygen atoms in total. The second kappa shape index (κ2) is 9.16. The lowest BCUT2D eigenvalue weighted by atomic mass is 10.1. The van der Waals surface area contributed by atoms with Crippen molar-refractivity contribution in [2.45, 2.75) is 6.92 Å². The Bertz CT molecular complexity index is 1430. The molecule has 33 heavy (non-hydrogen) atoms. The van der Waals surface area contributed by atoms with Crippen LogP contribution in [0.1, 0.15) is 31.8 Å². The molecule has 0 fully saturated rings. The predicted molar refractivity (Wildman–Crippen MR) is 126 cm³/mol. The van der Waals surface area contributed by atoms with Gasteiger partial charge in [-0.15, -0.1) is 5.10 Å². The highest BCUT2D eigenvalue weighted by Crippen LogP contribution is 2.20. The zero-order valence-electron chi connectivity index (χ0n) is 18.0. The van der Waals surface area contributed by atoms with Crippen molar-refractivity contribution in [3.8, 4) is 6.07 Å². The lowest BCUT2D eigenvalue weighted by Crippen LogP contribution is -2.18. The first-order valence-electron chi connectivity index (χ1n) is 10.2.